The smallest absolute Gasteiger partial charge is 0.312 e. The number of benzene rings is 1. The summed E-state index contributed by atoms with van der Waals surface area (Å²) in [6, 6.07) is 10.4. The summed E-state index contributed by atoms with van der Waals surface area (Å²) in [5.41, 5.74) is 1.29. The minimum Gasteiger partial charge on any atom is -0.481 e. The molecule has 0 atom stereocenters. The van der Waals surface area contributed by atoms with Crippen molar-refractivity contribution in [1.82, 2.24) is 10.2 Å². The number of hydrogen-bond donors (Lipinski definition) is 2. The molecule has 0 spiro atoms. The number of amides is 1. The maximum absolute atomic E-state index is 11.4. The lowest BCUT2D eigenvalue weighted by molar-refractivity contribution is -0.140. The van der Waals surface area contributed by atoms with E-state index >= 15 is 0 Å². The standard InChI is InChI=1S/C15H20N2O3/c18-14(10-15(19)20)16-13-6-8-17(9-7-13)11-12-4-2-1-3-5-12/h1-5,13H,6-11H2,(H,16,18)(H,19,20). The molecular weight excluding hydrogens is 256 g/mol. The minimum atomic E-state index is -1.08. The molecule has 20 heavy (non-hydrogen) atoms. The predicted octanol–water partition coefficient (Wildman–Crippen LogP) is 1.24. The van der Waals surface area contributed by atoms with Crippen molar-refractivity contribution in [2.75, 3.05) is 13.1 Å². The Hall–Kier alpha value is -1.88. The molecule has 0 saturated carbocycles. The number of nitrogens with zero attached hydrogens (tertiary/aromatic N) is 1. The molecule has 1 heterocycles. The lowest BCUT2D eigenvalue weighted by Crippen LogP contribution is -2.44. The first-order chi connectivity index (χ1) is 9.63. The van der Waals surface area contributed by atoms with E-state index in [9.17, 15) is 9.59 Å². The second kappa shape index (κ2) is 7.05. The number of piperidine rings is 1. The minimum absolute atomic E-state index is 0.105. The van der Waals surface area contributed by atoms with E-state index in [1.54, 1.807) is 0 Å². The fourth-order valence-corrected chi connectivity index (χ4v) is 2.49. The van der Waals surface area contributed by atoms with Gasteiger partial charge in [0.25, 0.3) is 0 Å². The number of nitrogens with one attached hydrogen (secondary N) is 1. The van der Waals surface area contributed by atoms with Gasteiger partial charge in [0.15, 0.2) is 0 Å². The molecule has 5 nitrogen and oxygen atoms in total. The molecule has 1 aliphatic rings. The summed E-state index contributed by atoms with van der Waals surface area (Å²) in [5.74, 6) is -1.47. The van der Waals surface area contributed by atoms with Crippen molar-refractivity contribution < 1.29 is 14.7 Å². The first-order valence-electron chi connectivity index (χ1n) is 6.91. The van der Waals surface area contributed by atoms with Crippen molar-refractivity contribution in [2.45, 2.75) is 31.8 Å². The van der Waals surface area contributed by atoms with E-state index in [-0.39, 0.29) is 11.9 Å². The lowest BCUT2D eigenvalue weighted by Gasteiger charge is -2.32. The van der Waals surface area contributed by atoms with Gasteiger partial charge in [0.1, 0.15) is 6.42 Å². The van der Waals surface area contributed by atoms with Gasteiger partial charge in [-0.2, -0.15) is 0 Å². The highest BCUT2D eigenvalue weighted by molar-refractivity contribution is 5.93. The molecule has 1 aromatic rings. The number of carbonyl (C=O) groups is 2. The van der Waals surface area contributed by atoms with Gasteiger partial charge in [0, 0.05) is 25.7 Å². The van der Waals surface area contributed by atoms with Crippen LogP contribution >= 0.6 is 0 Å². The quantitative estimate of drug-likeness (QED) is 0.794. The molecule has 5 heteroatoms. The molecule has 1 aromatic carbocycles. The van der Waals surface area contributed by atoms with Gasteiger partial charge in [-0.3, -0.25) is 14.5 Å². The zero-order valence-electron chi connectivity index (χ0n) is 11.4. The van der Waals surface area contributed by atoms with Crippen molar-refractivity contribution in [2.24, 2.45) is 0 Å². The number of hydrogen-bond acceptors (Lipinski definition) is 3. The van der Waals surface area contributed by atoms with E-state index in [1.807, 2.05) is 18.2 Å². The Morgan fingerprint density at radius 3 is 2.45 bits per heavy atom. The zero-order chi connectivity index (χ0) is 14.4. The van der Waals surface area contributed by atoms with Gasteiger partial charge in [-0.1, -0.05) is 30.3 Å². The van der Waals surface area contributed by atoms with Crippen molar-refractivity contribution in [3.05, 3.63) is 35.9 Å². The topological polar surface area (TPSA) is 69.6 Å². The van der Waals surface area contributed by atoms with Gasteiger partial charge in [-0.25, -0.2) is 0 Å². The van der Waals surface area contributed by atoms with Crippen molar-refractivity contribution in [3.8, 4) is 0 Å². The SMILES string of the molecule is O=C(O)CC(=O)NC1CCN(Cc2ccccc2)CC1. The maximum atomic E-state index is 11.4. The third kappa shape index (κ3) is 4.66. The molecule has 0 aliphatic carbocycles. The molecule has 0 bridgehead atoms. The van der Waals surface area contributed by atoms with Crippen molar-refractivity contribution >= 4 is 11.9 Å². The second-order valence-corrected chi connectivity index (χ2v) is 5.17. The highest BCUT2D eigenvalue weighted by Crippen LogP contribution is 2.13. The van der Waals surface area contributed by atoms with Crippen molar-refractivity contribution in [1.29, 1.82) is 0 Å². The van der Waals surface area contributed by atoms with Crippen LogP contribution in [0.1, 0.15) is 24.8 Å². The van der Waals surface area contributed by atoms with Crippen LogP contribution in [0.2, 0.25) is 0 Å². The maximum Gasteiger partial charge on any atom is 0.312 e. The van der Waals surface area contributed by atoms with Gasteiger partial charge in [-0.15, -0.1) is 0 Å². The fraction of sp³-hybridized carbons (Fsp3) is 0.467. The van der Waals surface area contributed by atoms with Crippen LogP contribution in [0.25, 0.3) is 0 Å². The summed E-state index contributed by atoms with van der Waals surface area (Å²) in [5, 5.41) is 11.3. The van der Waals surface area contributed by atoms with E-state index in [4.69, 9.17) is 5.11 Å². The molecule has 108 valence electrons. The number of carboxylic acids is 1. The number of likely N-dealkylation sites (tertiary alicyclic amines) is 1. The van der Waals surface area contributed by atoms with E-state index in [1.165, 1.54) is 5.56 Å². The Bertz CT molecular complexity index is 453. The molecule has 0 unspecified atom stereocenters. The van der Waals surface area contributed by atoms with Crippen LogP contribution in [-0.4, -0.2) is 41.0 Å². The van der Waals surface area contributed by atoms with Crippen LogP contribution in [0.3, 0.4) is 0 Å². The average Bonchev–Trinajstić information content (AvgIpc) is 2.41. The summed E-state index contributed by atoms with van der Waals surface area (Å²) >= 11 is 0. The Kier molecular flexibility index (Phi) is 5.12. The van der Waals surface area contributed by atoms with Gasteiger partial charge in [-0.05, 0) is 18.4 Å². The lowest BCUT2D eigenvalue weighted by atomic mass is 10.0. The van der Waals surface area contributed by atoms with Gasteiger partial charge >= 0.3 is 5.97 Å². The van der Waals surface area contributed by atoms with E-state index in [0.29, 0.717) is 0 Å². The van der Waals surface area contributed by atoms with E-state index in [2.05, 4.69) is 22.3 Å². The number of aliphatic carboxylic acids is 1. The van der Waals surface area contributed by atoms with E-state index < -0.39 is 12.4 Å². The molecule has 1 aliphatic heterocycles. The Labute approximate surface area is 118 Å². The van der Waals surface area contributed by atoms with Crippen LogP contribution in [0.5, 0.6) is 0 Å². The average molecular weight is 276 g/mol. The van der Waals surface area contributed by atoms with Crippen LogP contribution in [-0.2, 0) is 16.1 Å². The molecular formula is C15H20N2O3. The summed E-state index contributed by atoms with van der Waals surface area (Å²) in [4.78, 5) is 24.2. The fourth-order valence-electron chi connectivity index (χ4n) is 2.49. The third-order valence-corrected chi connectivity index (χ3v) is 3.51. The molecule has 1 fully saturated rings. The zero-order valence-corrected chi connectivity index (χ0v) is 11.4. The number of rotatable bonds is 5. The van der Waals surface area contributed by atoms with Gasteiger partial charge in [0.2, 0.25) is 5.91 Å². The molecule has 2 N–H and O–H groups in total. The van der Waals surface area contributed by atoms with E-state index in [0.717, 1.165) is 32.5 Å². The van der Waals surface area contributed by atoms with Crippen LogP contribution in [0.4, 0.5) is 0 Å². The summed E-state index contributed by atoms with van der Waals surface area (Å²) in [6.07, 6.45) is 1.31. The molecule has 1 saturated heterocycles. The van der Waals surface area contributed by atoms with Crippen molar-refractivity contribution in [3.63, 3.8) is 0 Å². The Balaban J connectivity index is 1.72. The molecule has 0 radical (unpaired) electrons. The summed E-state index contributed by atoms with van der Waals surface area (Å²) < 4.78 is 0. The van der Waals surface area contributed by atoms with Gasteiger partial charge < -0.3 is 10.4 Å². The summed E-state index contributed by atoms with van der Waals surface area (Å²) in [7, 11) is 0. The van der Waals surface area contributed by atoms with Crippen LogP contribution < -0.4 is 5.32 Å². The normalized spacial score (nSPS) is 16.8. The van der Waals surface area contributed by atoms with Crippen LogP contribution in [0.15, 0.2) is 30.3 Å². The number of carboxylic acid groups (broad SMARTS) is 1. The Morgan fingerprint density at radius 2 is 1.85 bits per heavy atom. The molecule has 0 aromatic heterocycles. The summed E-state index contributed by atoms with van der Waals surface area (Å²) in [6.45, 7) is 2.77. The highest BCUT2D eigenvalue weighted by Gasteiger charge is 2.21. The molecule has 1 amide bonds. The second-order valence-electron chi connectivity index (χ2n) is 5.17. The first kappa shape index (κ1) is 14.5. The largest absolute Gasteiger partial charge is 0.481 e. The molecule has 2 rings (SSSR count). The first-order valence-corrected chi connectivity index (χ1v) is 6.91. The third-order valence-electron chi connectivity index (χ3n) is 3.51. The van der Waals surface area contributed by atoms with Gasteiger partial charge in [0.05, 0.1) is 0 Å². The Morgan fingerprint density at radius 1 is 1.20 bits per heavy atom. The number of carbonyl (C=O) groups excluding carboxylic acids is 1. The monoisotopic (exact) mass is 276 g/mol. The van der Waals surface area contributed by atoms with Crippen LogP contribution in [0, 0.1) is 0 Å². The highest BCUT2D eigenvalue weighted by atomic mass is 16.4. The predicted molar refractivity (Wildman–Crippen MR) is 75.1 cm³/mol.